The maximum Gasteiger partial charge on any atom is 0.316 e. The average molecular weight is 407 g/mol. The van der Waals surface area contributed by atoms with Crippen LogP contribution < -0.4 is 5.32 Å². The molecule has 0 bridgehead atoms. The molecule has 0 unspecified atom stereocenters. The molecule has 1 amide bonds. The average Bonchev–Trinajstić information content (AvgIpc) is 2.67. The molecule has 28 heavy (non-hydrogen) atoms. The molecular formula is C20H19F2NO4S. The van der Waals surface area contributed by atoms with Crippen LogP contribution in [-0.4, -0.2) is 36.1 Å². The number of carbonyl (C=O) groups is 3. The second-order valence-corrected chi connectivity index (χ2v) is 6.96. The zero-order valence-corrected chi connectivity index (χ0v) is 15.9. The van der Waals surface area contributed by atoms with Crippen LogP contribution in [0.15, 0.2) is 53.4 Å². The molecule has 0 saturated heterocycles. The quantitative estimate of drug-likeness (QED) is 0.511. The summed E-state index contributed by atoms with van der Waals surface area (Å²) in [5.74, 6) is -3.15. The number of hydrogen-bond acceptors (Lipinski definition) is 5. The third-order valence-corrected chi connectivity index (χ3v) is 4.72. The predicted molar refractivity (Wildman–Crippen MR) is 101 cm³/mol. The lowest BCUT2D eigenvalue weighted by molar-refractivity contribution is -0.146. The molecule has 0 spiro atoms. The first-order valence-electron chi connectivity index (χ1n) is 8.42. The first kappa shape index (κ1) is 21.6. The number of thioether (sulfide) groups is 1. The number of amides is 1. The zero-order valence-electron chi connectivity index (χ0n) is 15.1. The van der Waals surface area contributed by atoms with Gasteiger partial charge in [0, 0.05) is 4.90 Å². The first-order valence-corrected chi connectivity index (χ1v) is 9.41. The Bertz CT molecular complexity index is 845. The van der Waals surface area contributed by atoms with E-state index in [0.29, 0.717) is 6.42 Å². The first-order chi connectivity index (χ1) is 13.3. The number of benzene rings is 2. The summed E-state index contributed by atoms with van der Waals surface area (Å²) in [5.41, 5.74) is 0.883. The van der Waals surface area contributed by atoms with Gasteiger partial charge in [-0.25, -0.2) is 8.78 Å². The van der Waals surface area contributed by atoms with E-state index in [9.17, 15) is 23.2 Å². The molecule has 1 N–H and O–H groups in total. The van der Waals surface area contributed by atoms with Gasteiger partial charge in [0.1, 0.15) is 11.6 Å². The van der Waals surface area contributed by atoms with Crippen LogP contribution in [0.3, 0.4) is 0 Å². The highest BCUT2D eigenvalue weighted by Gasteiger charge is 2.18. The molecule has 2 rings (SSSR count). The Morgan fingerprint density at radius 2 is 1.82 bits per heavy atom. The molecule has 0 radical (unpaired) electrons. The zero-order chi connectivity index (χ0) is 20.5. The number of esters is 1. The Kier molecular flexibility index (Phi) is 8.13. The Morgan fingerprint density at radius 1 is 1.11 bits per heavy atom. The number of halogens is 2. The van der Waals surface area contributed by atoms with Crippen molar-refractivity contribution in [2.45, 2.75) is 24.3 Å². The molecule has 0 heterocycles. The van der Waals surface area contributed by atoms with Crippen molar-refractivity contribution in [1.29, 1.82) is 0 Å². The normalized spacial score (nSPS) is 11.5. The lowest BCUT2D eigenvalue weighted by atomic mass is 10.0. The number of ketones is 1. The highest BCUT2D eigenvalue weighted by atomic mass is 32.2. The van der Waals surface area contributed by atoms with Crippen molar-refractivity contribution < 1.29 is 27.9 Å². The van der Waals surface area contributed by atoms with Gasteiger partial charge in [-0.05, 0) is 37.1 Å². The van der Waals surface area contributed by atoms with E-state index in [1.807, 2.05) is 30.3 Å². The third-order valence-electron chi connectivity index (χ3n) is 3.71. The summed E-state index contributed by atoms with van der Waals surface area (Å²) in [6.45, 7) is 0.799. The SMILES string of the molecule is CC(=O)[C@H](Cc1ccccc1)NC(=O)COC(=O)CSc1cc(F)ccc1F. The van der Waals surface area contributed by atoms with Crippen molar-refractivity contribution in [3.63, 3.8) is 0 Å². The van der Waals surface area contributed by atoms with Gasteiger partial charge in [-0.1, -0.05) is 30.3 Å². The lowest BCUT2D eigenvalue weighted by Gasteiger charge is -2.16. The van der Waals surface area contributed by atoms with Gasteiger partial charge in [0.25, 0.3) is 5.91 Å². The fourth-order valence-corrected chi connectivity index (χ4v) is 3.05. The number of nitrogens with one attached hydrogen (secondary N) is 1. The maximum absolute atomic E-state index is 13.5. The minimum Gasteiger partial charge on any atom is -0.455 e. The van der Waals surface area contributed by atoms with E-state index in [0.717, 1.165) is 35.5 Å². The number of carbonyl (C=O) groups excluding carboxylic acids is 3. The van der Waals surface area contributed by atoms with Gasteiger partial charge in [0.15, 0.2) is 12.4 Å². The van der Waals surface area contributed by atoms with Crippen LogP contribution in [0, 0.1) is 11.6 Å². The van der Waals surface area contributed by atoms with E-state index >= 15 is 0 Å². The molecule has 1 atom stereocenters. The Labute approximate surface area is 165 Å². The lowest BCUT2D eigenvalue weighted by Crippen LogP contribution is -2.43. The van der Waals surface area contributed by atoms with Crippen LogP contribution in [0.1, 0.15) is 12.5 Å². The summed E-state index contributed by atoms with van der Waals surface area (Å²) < 4.78 is 31.4. The maximum atomic E-state index is 13.5. The molecule has 0 fully saturated rings. The molecular weight excluding hydrogens is 388 g/mol. The summed E-state index contributed by atoms with van der Waals surface area (Å²) >= 11 is 0.766. The highest BCUT2D eigenvalue weighted by Crippen LogP contribution is 2.22. The molecule has 2 aromatic rings. The largest absolute Gasteiger partial charge is 0.455 e. The van der Waals surface area contributed by atoms with E-state index in [1.54, 1.807) is 0 Å². The smallest absolute Gasteiger partial charge is 0.316 e. The molecule has 8 heteroatoms. The second kappa shape index (κ2) is 10.6. The Balaban J connectivity index is 1.79. The number of hydrogen-bond donors (Lipinski definition) is 1. The molecule has 0 aliphatic heterocycles. The predicted octanol–water partition coefficient (Wildman–Crippen LogP) is 2.92. The van der Waals surface area contributed by atoms with Crippen molar-refractivity contribution in [3.05, 3.63) is 65.7 Å². The molecule has 148 valence electrons. The van der Waals surface area contributed by atoms with E-state index in [2.05, 4.69) is 5.32 Å². The minimum absolute atomic E-state index is 0.0269. The van der Waals surface area contributed by atoms with E-state index in [-0.39, 0.29) is 16.4 Å². The van der Waals surface area contributed by atoms with Gasteiger partial charge >= 0.3 is 5.97 Å². The summed E-state index contributed by atoms with van der Waals surface area (Å²) in [6.07, 6.45) is 0.324. The minimum atomic E-state index is -0.758. The second-order valence-electron chi connectivity index (χ2n) is 5.94. The van der Waals surface area contributed by atoms with Crippen molar-refractivity contribution in [2.75, 3.05) is 12.4 Å². The van der Waals surface area contributed by atoms with Crippen LogP contribution in [0.4, 0.5) is 8.78 Å². The van der Waals surface area contributed by atoms with Gasteiger partial charge in [-0.2, -0.15) is 0 Å². The van der Waals surface area contributed by atoms with Crippen LogP contribution in [0.25, 0.3) is 0 Å². The van der Waals surface area contributed by atoms with E-state index in [1.165, 1.54) is 6.92 Å². The third kappa shape index (κ3) is 7.11. The molecule has 0 aliphatic carbocycles. The summed E-state index contributed by atoms with van der Waals surface area (Å²) in [4.78, 5) is 35.4. The monoisotopic (exact) mass is 407 g/mol. The number of rotatable bonds is 9. The molecule has 2 aromatic carbocycles. The molecule has 5 nitrogen and oxygen atoms in total. The Hall–Kier alpha value is -2.74. The topological polar surface area (TPSA) is 72.5 Å². The molecule has 0 aliphatic rings. The molecule has 0 saturated carbocycles. The fraction of sp³-hybridized carbons (Fsp3) is 0.250. The number of ether oxygens (including phenoxy) is 1. The fourth-order valence-electron chi connectivity index (χ4n) is 2.29. The number of Topliss-reactive ketones (excluding diaryl/α,β-unsaturated/α-hetero) is 1. The van der Waals surface area contributed by atoms with Crippen molar-refractivity contribution in [2.24, 2.45) is 0 Å². The summed E-state index contributed by atoms with van der Waals surface area (Å²) in [6, 6.07) is 11.4. The van der Waals surface area contributed by atoms with Crippen LogP contribution >= 0.6 is 11.8 Å². The van der Waals surface area contributed by atoms with Crippen molar-refractivity contribution in [3.8, 4) is 0 Å². The van der Waals surface area contributed by atoms with Crippen molar-refractivity contribution in [1.82, 2.24) is 5.32 Å². The van der Waals surface area contributed by atoms with Crippen LogP contribution in [-0.2, 0) is 25.5 Å². The molecule has 0 aromatic heterocycles. The van der Waals surface area contributed by atoms with Gasteiger partial charge in [0.2, 0.25) is 0 Å². The van der Waals surface area contributed by atoms with Crippen LogP contribution in [0.5, 0.6) is 0 Å². The van der Waals surface area contributed by atoms with Crippen LogP contribution in [0.2, 0.25) is 0 Å². The highest BCUT2D eigenvalue weighted by molar-refractivity contribution is 8.00. The van der Waals surface area contributed by atoms with Crippen molar-refractivity contribution >= 4 is 29.4 Å². The Morgan fingerprint density at radius 3 is 2.50 bits per heavy atom. The van der Waals surface area contributed by atoms with Gasteiger partial charge in [-0.15, -0.1) is 11.8 Å². The van der Waals surface area contributed by atoms with Gasteiger partial charge in [-0.3, -0.25) is 14.4 Å². The van der Waals surface area contributed by atoms with E-state index in [4.69, 9.17) is 4.74 Å². The standard InChI is InChI=1S/C20H19F2NO4S/c1-13(24)17(9-14-5-3-2-4-6-14)23-19(25)11-27-20(26)12-28-18-10-15(21)7-8-16(18)22/h2-8,10,17H,9,11-12H2,1H3,(H,23,25)/t17-/m0/s1. The summed E-state index contributed by atoms with van der Waals surface area (Å²) in [7, 11) is 0. The van der Waals surface area contributed by atoms with Gasteiger partial charge in [0.05, 0.1) is 11.8 Å². The van der Waals surface area contributed by atoms with E-state index < -0.39 is 36.2 Å². The van der Waals surface area contributed by atoms with Gasteiger partial charge < -0.3 is 10.1 Å². The summed E-state index contributed by atoms with van der Waals surface area (Å²) in [5, 5.41) is 2.53.